The maximum atomic E-state index is 12.3. The van der Waals surface area contributed by atoms with Gasteiger partial charge in [0.25, 0.3) is 11.5 Å². The Morgan fingerprint density at radius 2 is 1.76 bits per heavy atom. The molecule has 0 spiro atoms. The van der Waals surface area contributed by atoms with Crippen LogP contribution in [0.1, 0.15) is 22.4 Å². The highest BCUT2D eigenvalue weighted by molar-refractivity contribution is 5.92. The first kappa shape index (κ1) is 22.1. The van der Waals surface area contributed by atoms with Crippen molar-refractivity contribution in [3.05, 3.63) is 99.6 Å². The van der Waals surface area contributed by atoms with E-state index in [1.807, 2.05) is 51.1 Å². The third kappa shape index (κ3) is 5.57. The van der Waals surface area contributed by atoms with Gasteiger partial charge in [-0.25, -0.2) is 4.98 Å². The minimum absolute atomic E-state index is 0.0993. The molecule has 0 saturated heterocycles. The van der Waals surface area contributed by atoms with Crippen molar-refractivity contribution < 1.29 is 14.3 Å². The highest BCUT2D eigenvalue weighted by Crippen LogP contribution is 2.19. The van der Waals surface area contributed by atoms with Crippen molar-refractivity contribution in [3.8, 4) is 11.5 Å². The van der Waals surface area contributed by atoms with Crippen LogP contribution in [0, 0.1) is 20.8 Å². The molecule has 7 nitrogen and oxygen atoms in total. The van der Waals surface area contributed by atoms with E-state index >= 15 is 0 Å². The number of carbonyl (C=O) groups is 1. The second kappa shape index (κ2) is 9.56. The third-order valence-electron chi connectivity index (χ3n) is 5.23. The molecule has 1 amide bonds. The fraction of sp³-hybridized carbons (Fsp3) is 0.192. The van der Waals surface area contributed by atoms with Crippen molar-refractivity contribution in [1.29, 1.82) is 0 Å². The van der Waals surface area contributed by atoms with Crippen LogP contribution in [0.15, 0.2) is 71.7 Å². The fourth-order valence-electron chi connectivity index (χ4n) is 3.30. The average Bonchev–Trinajstić information content (AvgIpc) is 2.78. The molecule has 0 atom stereocenters. The van der Waals surface area contributed by atoms with Gasteiger partial charge in [0.2, 0.25) is 0 Å². The number of nitrogens with one attached hydrogen (secondary N) is 1. The Kier molecular flexibility index (Phi) is 6.40. The molecule has 4 aromatic rings. The van der Waals surface area contributed by atoms with Crippen LogP contribution in [0.4, 0.5) is 5.69 Å². The van der Waals surface area contributed by atoms with Gasteiger partial charge < -0.3 is 14.8 Å². The predicted octanol–water partition coefficient (Wildman–Crippen LogP) is 4.22. The van der Waals surface area contributed by atoms with Gasteiger partial charge >= 0.3 is 0 Å². The molecule has 168 valence electrons. The summed E-state index contributed by atoms with van der Waals surface area (Å²) in [5, 5.41) is 2.80. The van der Waals surface area contributed by atoms with Gasteiger partial charge in [-0.05, 0) is 73.9 Å². The van der Waals surface area contributed by atoms with Crippen molar-refractivity contribution in [1.82, 2.24) is 9.38 Å². The number of rotatable bonds is 7. The smallest absolute Gasteiger partial charge is 0.262 e. The van der Waals surface area contributed by atoms with Crippen molar-refractivity contribution in [2.45, 2.75) is 27.4 Å². The lowest BCUT2D eigenvalue weighted by molar-refractivity contribution is -0.118. The van der Waals surface area contributed by atoms with Crippen LogP contribution in [0.2, 0.25) is 0 Å². The SMILES string of the molecule is Cc1ccn2c(=O)cc(COc3cccc(NC(=O)COc4ccc(C)c(C)c4)c3)nc2c1. The van der Waals surface area contributed by atoms with E-state index in [0.717, 1.165) is 11.1 Å². The minimum atomic E-state index is -0.273. The summed E-state index contributed by atoms with van der Waals surface area (Å²) in [6, 6.07) is 17.9. The lowest BCUT2D eigenvalue weighted by atomic mass is 10.1. The average molecular weight is 444 g/mol. The molecule has 1 N–H and O–H groups in total. The molecule has 2 aromatic heterocycles. The van der Waals surface area contributed by atoms with E-state index in [1.165, 1.54) is 16.0 Å². The van der Waals surface area contributed by atoms with E-state index in [0.29, 0.717) is 28.5 Å². The molecule has 0 fully saturated rings. The first-order valence-electron chi connectivity index (χ1n) is 10.6. The zero-order chi connectivity index (χ0) is 23.4. The van der Waals surface area contributed by atoms with Crippen LogP contribution >= 0.6 is 0 Å². The minimum Gasteiger partial charge on any atom is -0.487 e. The van der Waals surface area contributed by atoms with Gasteiger partial charge in [0.05, 0.1) is 5.69 Å². The summed E-state index contributed by atoms with van der Waals surface area (Å²) in [6.07, 6.45) is 1.71. The molecule has 0 aliphatic carbocycles. The van der Waals surface area contributed by atoms with Crippen LogP contribution in [0.5, 0.6) is 11.5 Å². The Hall–Kier alpha value is -4.13. The molecule has 0 aliphatic heterocycles. The summed E-state index contributed by atoms with van der Waals surface area (Å²) in [5.41, 5.74) is 4.82. The van der Waals surface area contributed by atoms with Crippen LogP contribution in [-0.4, -0.2) is 21.9 Å². The summed E-state index contributed by atoms with van der Waals surface area (Å²) in [6.45, 7) is 6.00. The molecule has 0 radical (unpaired) electrons. The second-order valence-corrected chi connectivity index (χ2v) is 7.92. The number of fused-ring (bicyclic) bond motifs is 1. The van der Waals surface area contributed by atoms with Gasteiger partial charge in [-0.1, -0.05) is 12.1 Å². The van der Waals surface area contributed by atoms with E-state index in [1.54, 1.807) is 30.5 Å². The number of hydrogen-bond acceptors (Lipinski definition) is 5. The summed E-state index contributed by atoms with van der Waals surface area (Å²) in [4.78, 5) is 29.1. The Bertz CT molecular complexity index is 1380. The fourth-order valence-corrected chi connectivity index (χ4v) is 3.30. The Morgan fingerprint density at radius 1 is 0.939 bits per heavy atom. The van der Waals surface area contributed by atoms with Crippen molar-refractivity contribution >= 4 is 17.2 Å². The first-order valence-corrected chi connectivity index (χ1v) is 10.6. The Morgan fingerprint density at radius 3 is 2.58 bits per heavy atom. The number of aryl methyl sites for hydroxylation is 3. The molecule has 0 saturated carbocycles. The monoisotopic (exact) mass is 443 g/mol. The molecular formula is C26H25N3O4. The zero-order valence-electron chi connectivity index (χ0n) is 18.8. The quantitative estimate of drug-likeness (QED) is 0.463. The van der Waals surface area contributed by atoms with Crippen molar-refractivity contribution in [2.24, 2.45) is 0 Å². The van der Waals surface area contributed by atoms with Crippen LogP contribution in [0.3, 0.4) is 0 Å². The van der Waals surface area contributed by atoms with Gasteiger partial charge in [-0.2, -0.15) is 0 Å². The third-order valence-corrected chi connectivity index (χ3v) is 5.23. The van der Waals surface area contributed by atoms with Crippen LogP contribution in [0.25, 0.3) is 5.65 Å². The van der Waals surface area contributed by atoms with Gasteiger partial charge in [0.1, 0.15) is 23.8 Å². The highest BCUT2D eigenvalue weighted by atomic mass is 16.5. The molecule has 2 heterocycles. The predicted molar refractivity (Wildman–Crippen MR) is 127 cm³/mol. The van der Waals surface area contributed by atoms with Crippen molar-refractivity contribution in [3.63, 3.8) is 0 Å². The first-order chi connectivity index (χ1) is 15.9. The molecule has 2 aromatic carbocycles. The molecule has 0 aliphatic rings. The van der Waals surface area contributed by atoms with Gasteiger partial charge in [-0.15, -0.1) is 0 Å². The zero-order valence-corrected chi connectivity index (χ0v) is 18.8. The number of ether oxygens (including phenoxy) is 2. The maximum absolute atomic E-state index is 12.3. The highest BCUT2D eigenvalue weighted by Gasteiger charge is 2.07. The Labute approximate surface area is 191 Å². The summed E-state index contributed by atoms with van der Waals surface area (Å²) in [7, 11) is 0. The number of nitrogens with zero attached hydrogens (tertiary/aromatic N) is 2. The summed E-state index contributed by atoms with van der Waals surface area (Å²) < 4.78 is 12.9. The maximum Gasteiger partial charge on any atom is 0.262 e. The van der Waals surface area contributed by atoms with E-state index in [-0.39, 0.29) is 24.7 Å². The number of aromatic nitrogens is 2. The molecule has 0 unspecified atom stereocenters. The molecule has 33 heavy (non-hydrogen) atoms. The number of hydrogen-bond donors (Lipinski definition) is 1. The number of anilines is 1. The summed E-state index contributed by atoms with van der Waals surface area (Å²) >= 11 is 0. The molecule has 7 heteroatoms. The normalized spacial score (nSPS) is 10.8. The standard InChI is InChI=1S/C26H25N3O4/c1-17-9-10-29-24(11-17)27-21(14-26(29)31)15-32-22-6-4-5-20(13-22)28-25(30)16-33-23-8-7-18(2)19(3)12-23/h4-14H,15-16H2,1-3H3,(H,28,30). The Balaban J connectivity index is 1.36. The lowest BCUT2D eigenvalue weighted by Gasteiger charge is -2.11. The van der Waals surface area contributed by atoms with Crippen molar-refractivity contribution in [2.75, 3.05) is 11.9 Å². The summed E-state index contributed by atoms with van der Waals surface area (Å²) in [5.74, 6) is 0.929. The number of carbonyl (C=O) groups excluding carboxylic acids is 1. The van der Waals surface area contributed by atoms with E-state index in [4.69, 9.17) is 9.47 Å². The lowest BCUT2D eigenvalue weighted by Crippen LogP contribution is -2.20. The largest absolute Gasteiger partial charge is 0.487 e. The molecule has 0 bridgehead atoms. The van der Waals surface area contributed by atoms with Crippen LogP contribution < -0.4 is 20.3 Å². The topological polar surface area (TPSA) is 81.9 Å². The van der Waals surface area contributed by atoms with E-state index in [9.17, 15) is 9.59 Å². The van der Waals surface area contributed by atoms with Gasteiger partial charge in [-0.3, -0.25) is 14.0 Å². The van der Waals surface area contributed by atoms with Gasteiger partial charge in [0.15, 0.2) is 6.61 Å². The van der Waals surface area contributed by atoms with Gasteiger partial charge in [0, 0.05) is 24.0 Å². The number of benzene rings is 2. The number of pyridine rings is 1. The van der Waals surface area contributed by atoms with E-state index in [2.05, 4.69) is 10.3 Å². The molecule has 4 rings (SSSR count). The van der Waals surface area contributed by atoms with Crippen LogP contribution in [-0.2, 0) is 11.4 Å². The second-order valence-electron chi connectivity index (χ2n) is 7.92. The molecular weight excluding hydrogens is 418 g/mol. The number of amides is 1. The van der Waals surface area contributed by atoms with E-state index < -0.39 is 0 Å².